The lowest BCUT2D eigenvalue weighted by atomic mass is 9.98. The van der Waals surface area contributed by atoms with Crippen molar-refractivity contribution in [2.75, 3.05) is 6.61 Å². The number of aryl methyl sites for hydroxylation is 4. The first kappa shape index (κ1) is 32.5. The van der Waals surface area contributed by atoms with Crippen molar-refractivity contribution in [2.45, 2.75) is 71.9 Å². The molecular formula is C30H41BrClN5O4Si. The third-order valence-corrected chi connectivity index (χ3v) is 14.1. The summed E-state index contributed by atoms with van der Waals surface area (Å²) in [4.78, 5) is 12.6. The summed E-state index contributed by atoms with van der Waals surface area (Å²) in [5.74, 6) is -0.968. The van der Waals surface area contributed by atoms with Crippen LogP contribution in [0.2, 0.25) is 23.2 Å². The van der Waals surface area contributed by atoms with Crippen molar-refractivity contribution in [1.29, 1.82) is 0 Å². The second kappa shape index (κ2) is 12.3. The Bertz CT molecular complexity index is 1610. The number of nitrogens with zero attached hydrogens (tertiary/aromatic N) is 5. The minimum absolute atomic E-state index is 0.113. The topological polar surface area (TPSA) is 96.3 Å². The summed E-state index contributed by atoms with van der Waals surface area (Å²) in [5, 5.41) is 21.0. The Morgan fingerprint density at radius 2 is 1.79 bits per heavy atom. The average molecular weight is 679 g/mol. The molecule has 9 nitrogen and oxygen atoms in total. The molecule has 0 radical (unpaired) electrons. The van der Waals surface area contributed by atoms with Crippen molar-refractivity contribution in [3.63, 3.8) is 0 Å². The fourth-order valence-electron chi connectivity index (χ4n) is 5.08. The highest BCUT2D eigenvalue weighted by atomic mass is 79.9. The van der Waals surface area contributed by atoms with Crippen LogP contribution in [0, 0.1) is 6.92 Å². The van der Waals surface area contributed by atoms with Gasteiger partial charge in [-0.15, -0.1) is 0 Å². The van der Waals surface area contributed by atoms with E-state index in [0.717, 1.165) is 55.7 Å². The molecule has 228 valence electrons. The van der Waals surface area contributed by atoms with Crippen LogP contribution >= 0.6 is 27.5 Å². The van der Waals surface area contributed by atoms with Gasteiger partial charge in [0, 0.05) is 50.0 Å². The van der Waals surface area contributed by atoms with Crippen LogP contribution in [-0.4, -0.2) is 50.1 Å². The second-order valence-corrected chi connectivity index (χ2v) is 18.4. The van der Waals surface area contributed by atoms with Gasteiger partial charge in [-0.2, -0.15) is 10.2 Å². The Labute approximate surface area is 262 Å². The fourth-order valence-corrected chi connectivity index (χ4v) is 6.76. The predicted octanol–water partition coefficient (Wildman–Crippen LogP) is 7.41. The van der Waals surface area contributed by atoms with E-state index < -0.39 is 14.3 Å². The van der Waals surface area contributed by atoms with Crippen LogP contribution in [0.5, 0.6) is 0 Å². The molecule has 0 unspecified atom stereocenters. The van der Waals surface area contributed by atoms with E-state index in [0.29, 0.717) is 24.7 Å². The zero-order valence-electron chi connectivity index (χ0n) is 25.9. The normalized spacial score (nSPS) is 12.5. The van der Waals surface area contributed by atoms with Crippen LogP contribution in [0.4, 0.5) is 0 Å². The van der Waals surface area contributed by atoms with Crippen LogP contribution in [0.15, 0.2) is 22.8 Å². The molecule has 0 saturated heterocycles. The molecule has 4 rings (SSSR count). The van der Waals surface area contributed by atoms with Gasteiger partial charge in [0.15, 0.2) is 8.32 Å². The van der Waals surface area contributed by atoms with E-state index in [1.165, 1.54) is 0 Å². The van der Waals surface area contributed by atoms with Crippen molar-refractivity contribution in [2.24, 2.45) is 21.1 Å². The van der Waals surface area contributed by atoms with E-state index in [4.69, 9.17) is 25.9 Å². The summed E-state index contributed by atoms with van der Waals surface area (Å²) in [5.41, 5.74) is 5.86. The first-order chi connectivity index (χ1) is 19.5. The van der Waals surface area contributed by atoms with E-state index >= 15 is 0 Å². The first-order valence-corrected chi connectivity index (χ1v) is 18.1. The van der Waals surface area contributed by atoms with Crippen molar-refractivity contribution in [3.05, 3.63) is 56.2 Å². The summed E-state index contributed by atoms with van der Waals surface area (Å²) >= 11 is 10.4. The summed E-state index contributed by atoms with van der Waals surface area (Å²) in [7, 11) is 3.63. The minimum Gasteiger partial charge on any atom is -0.477 e. The first-order valence-electron chi connectivity index (χ1n) is 14.0. The number of ether oxygens (including phenoxy) is 1. The van der Waals surface area contributed by atoms with E-state index in [9.17, 15) is 9.90 Å². The number of hydrogen-bond donors (Lipinski definition) is 1. The number of benzene rings is 1. The molecule has 3 aromatic heterocycles. The highest BCUT2D eigenvalue weighted by molar-refractivity contribution is 9.10. The van der Waals surface area contributed by atoms with Crippen LogP contribution in [-0.2, 0) is 49.9 Å². The quantitative estimate of drug-likeness (QED) is 0.131. The van der Waals surface area contributed by atoms with Crippen molar-refractivity contribution >= 4 is 52.7 Å². The standard InChI is InChI=1S/C30H41BrClN5O4Si/c1-18-25(23(34-36(18)6)17-40-16-19-15-24(31)37(7)33-19)26-22(32)13-12-21-20(28(29(38)39)35(5)27(21)26)11-10-14-41-42(8,9)30(2,3)4/h12-13,15H,10-11,14,16-17H2,1-9H3,(H,38,39). The molecule has 4 aromatic rings. The van der Waals surface area contributed by atoms with Gasteiger partial charge < -0.3 is 18.8 Å². The van der Waals surface area contributed by atoms with Gasteiger partial charge >= 0.3 is 5.97 Å². The third-order valence-electron chi connectivity index (χ3n) is 8.47. The van der Waals surface area contributed by atoms with Crippen LogP contribution in [0.25, 0.3) is 22.0 Å². The van der Waals surface area contributed by atoms with E-state index in [-0.39, 0.29) is 17.3 Å². The van der Waals surface area contributed by atoms with E-state index in [2.05, 4.69) is 54.9 Å². The molecule has 42 heavy (non-hydrogen) atoms. The lowest BCUT2D eigenvalue weighted by Crippen LogP contribution is -2.41. The van der Waals surface area contributed by atoms with Gasteiger partial charge in [0.25, 0.3) is 0 Å². The van der Waals surface area contributed by atoms with Gasteiger partial charge in [-0.25, -0.2) is 4.79 Å². The molecule has 0 aliphatic rings. The van der Waals surface area contributed by atoms with Gasteiger partial charge in [-0.1, -0.05) is 38.4 Å². The highest BCUT2D eigenvalue weighted by Crippen LogP contribution is 2.42. The zero-order valence-corrected chi connectivity index (χ0v) is 29.3. The number of carboxylic acid groups (broad SMARTS) is 1. The molecule has 1 N–H and O–H groups in total. The molecule has 12 heteroatoms. The van der Waals surface area contributed by atoms with Crippen molar-refractivity contribution in [3.8, 4) is 11.1 Å². The molecular weight excluding hydrogens is 638 g/mol. The smallest absolute Gasteiger partial charge is 0.352 e. The Kier molecular flexibility index (Phi) is 9.49. The summed E-state index contributed by atoms with van der Waals surface area (Å²) in [6.45, 7) is 14.2. The van der Waals surface area contributed by atoms with Crippen LogP contribution in [0.3, 0.4) is 0 Å². The van der Waals surface area contributed by atoms with Gasteiger partial charge in [0.1, 0.15) is 10.3 Å². The van der Waals surface area contributed by atoms with Crippen LogP contribution < -0.4 is 0 Å². The number of aromatic carboxylic acids is 1. The zero-order chi connectivity index (χ0) is 31.1. The number of fused-ring (bicyclic) bond motifs is 1. The summed E-state index contributed by atoms with van der Waals surface area (Å²) < 4.78 is 18.6. The molecule has 0 spiro atoms. The second-order valence-electron chi connectivity index (χ2n) is 12.3. The van der Waals surface area contributed by atoms with Crippen LogP contribution in [0.1, 0.15) is 60.3 Å². The largest absolute Gasteiger partial charge is 0.477 e. The number of hydrogen-bond acceptors (Lipinski definition) is 5. The van der Waals surface area contributed by atoms with Gasteiger partial charge in [0.2, 0.25) is 0 Å². The van der Waals surface area contributed by atoms with Gasteiger partial charge in [-0.05, 0) is 71.5 Å². The number of aromatic nitrogens is 5. The Morgan fingerprint density at radius 1 is 1.10 bits per heavy atom. The van der Waals surface area contributed by atoms with Gasteiger partial charge in [-0.3, -0.25) is 9.36 Å². The molecule has 3 heterocycles. The average Bonchev–Trinajstić information content (AvgIpc) is 3.46. The minimum atomic E-state index is -1.90. The van der Waals surface area contributed by atoms with E-state index in [1.807, 2.05) is 39.2 Å². The monoisotopic (exact) mass is 677 g/mol. The molecule has 0 amide bonds. The Morgan fingerprint density at radius 3 is 2.38 bits per heavy atom. The number of carboxylic acids is 1. The molecule has 0 atom stereocenters. The van der Waals surface area contributed by atoms with Crippen molar-refractivity contribution < 1.29 is 19.1 Å². The predicted molar refractivity (Wildman–Crippen MR) is 173 cm³/mol. The molecule has 0 aliphatic carbocycles. The molecule has 1 aromatic carbocycles. The highest BCUT2D eigenvalue weighted by Gasteiger charge is 2.37. The maximum absolute atomic E-state index is 12.6. The molecule has 0 bridgehead atoms. The van der Waals surface area contributed by atoms with Crippen molar-refractivity contribution in [1.82, 2.24) is 24.1 Å². The lowest BCUT2D eigenvalue weighted by Gasteiger charge is -2.36. The third kappa shape index (κ3) is 6.26. The summed E-state index contributed by atoms with van der Waals surface area (Å²) in [6, 6.07) is 5.69. The molecule has 0 saturated carbocycles. The number of carbonyl (C=O) groups is 1. The Hall–Kier alpha value is -2.44. The number of rotatable bonds is 11. The lowest BCUT2D eigenvalue weighted by molar-refractivity contribution is 0.0685. The molecule has 0 fully saturated rings. The number of halogens is 2. The maximum atomic E-state index is 12.6. The SMILES string of the molecule is Cc1c(-c2c(Cl)ccc3c(CCCO[Si](C)(C)C(C)(C)C)c(C(=O)O)n(C)c23)c(COCc2cc(Br)n(C)n2)nn1C. The van der Waals surface area contributed by atoms with E-state index in [1.54, 1.807) is 21.0 Å². The fraction of sp³-hybridized carbons (Fsp3) is 0.500. The van der Waals surface area contributed by atoms with Gasteiger partial charge in [0.05, 0.1) is 35.1 Å². The maximum Gasteiger partial charge on any atom is 0.352 e. The Balaban J connectivity index is 1.72. The molecule has 0 aliphatic heterocycles. The summed E-state index contributed by atoms with van der Waals surface area (Å²) in [6.07, 6.45) is 1.30.